The monoisotopic (exact) mass is 367 g/mol. The SMILES string of the molecule is COc1ccc(Nc2ncnc(N(CCC#N)CCC#N)c2N)c(OC)c1. The lowest BCUT2D eigenvalue weighted by molar-refractivity contribution is 0.395. The van der Waals surface area contributed by atoms with Crippen LogP contribution < -0.4 is 25.4 Å². The third kappa shape index (κ3) is 4.89. The van der Waals surface area contributed by atoms with Gasteiger partial charge in [0.25, 0.3) is 0 Å². The number of hydrogen-bond acceptors (Lipinski definition) is 9. The molecular weight excluding hydrogens is 346 g/mol. The van der Waals surface area contributed by atoms with E-state index >= 15 is 0 Å². The average molecular weight is 367 g/mol. The Morgan fingerprint density at radius 1 is 1.11 bits per heavy atom. The lowest BCUT2D eigenvalue weighted by atomic mass is 10.2. The van der Waals surface area contributed by atoms with Gasteiger partial charge in [-0.1, -0.05) is 0 Å². The van der Waals surface area contributed by atoms with Gasteiger partial charge in [0.2, 0.25) is 0 Å². The molecule has 27 heavy (non-hydrogen) atoms. The van der Waals surface area contributed by atoms with E-state index in [4.69, 9.17) is 25.7 Å². The van der Waals surface area contributed by atoms with Crippen LogP contribution in [0.5, 0.6) is 11.5 Å². The van der Waals surface area contributed by atoms with Gasteiger partial charge in [-0.25, -0.2) is 9.97 Å². The van der Waals surface area contributed by atoms with Gasteiger partial charge in [0.15, 0.2) is 11.6 Å². The molecule has 2 rings (SSSR count). The largest absolute Gasteiger partial charge is 0.497 e. The number of aromatic nitrogens is 2. The molecule has 0 spiro atoms. The number of nitrogens with one attached hydrogen (secondary N) is 1. The summed E-state index contributed by atoms with van der Waals surface area (Å²) in [5.74, 6) is 2.11. The van der Waals surface area contributed by atoms with Crippen molar-refractivity contribution in [2.24, 2.45) is 0 Å². The summed E-state index contributed by atoms with van der Waals surface area (Å²) in [6, 6.07) is 9.51. The highest BCUT2D eigenvalue weighted by Gasteiger charge is 2.16. The first-order valence-electron chi connectivity index (χ1n) is 8.23. The van der Waals surface area contributed by atoms with Gasteiger partial charge >= 0.3 is 0 Å². The van der Waals surface area contributed by atoms with Crippen molar-refractivity contribution in [1.82, 2.24) is 9.97 Å². The van der Waals surface area contributed by atoms with E-state index < -0.39 is 0 Å². The zero-order valence-corrected chi connectivity index (χ0v) is 15.3. The van der Waals surface area contributed by atoms with Crippen LogP contribution in [0.4, 0.5) is 23.0 Å². The molecule has 140 valence electrons. The van der Waals surface area contributed by atoms with E-state index in [1.165, 1.54) is 6.33 Å². The molecule has 0 atom stereocenters. The van der Waals surface area contributed by atoms with Crippen molar-refractivity contribution in [3.63, 3.8) is 0 Å². The first kappa shape index (κ1) is 19.6. The topological polar surface area (TPSA) is 133 Å². The molecule has 0 saturated heterocycles. The Morgan fingerprint density at radius 2 is 1.81 bits per heavy atom. The summed E-state index contributed by atoms with van der Waals surface area (Å²) in [6.07, 6.45) is 1.98. The van der Waals surface area contributed by atoms with Crippen LogP contribution in [0.3, 0.4) is 0 Å². The van der Waals surface area contributed by atoms with Crippen LogP contribution in [-0.4, -0.2) is 37.3 Å². The van der Waals surface area contributed by atoms with Gasteiger partial charge in [-0.05, 0) is 12.1 Å². The minimum absolute atomic E-state index is 0.296. The number of nitrogen functional groups attached to an aromatic ring is 1. The quantitative estimate of drug-likeness (QED) is 0.685. The summed E-state index contributed by atoms with van der Waals surface area (Å²) in [7, 11) is 3.13. The van der Waals surface area contributed by atoms with Gasteiger partial charge in [-0.3, -0.25) is 0 Å². The van der Waals surface area contributed by atoms with Crippen LogP contribution in [0, 0.1) is 22.7 Å². The van der Waals surface area contributed by atoms with Gasteiger partial charge < -0.3 is 25.4 Å². The zero-order chi connectivity index (χ0) is 19.6. The second-order valence-corrected chi connectivity index (χ2v) is 5.45. The van der Waals surface area contributed by atoms with Gasteiger partial charge in [0, 0.05) is 19.2 Å². The van der Waals surface area contributed by atoms with Crippen molar-refractivity contribution in [2.45, 2.75) is 12.8 Å². The molecule has 0 radical (unpaired) electrons. The maximum atomic E-state index is 8.86. The predicted molar refractivity (Wildman–Crippen MR) is 102 cm³/mol. The molecule has 0 amide bonds. The predicted octanol–water partition coefficient (Wildman–Crippen LogP) is 2.45. The molecule has 3 N–H and O–H groups in total. The molecule has 9 nitrogen and oxygen atoms in total. The molecule has 0 aliphatic rings. The Kier molecular flexibility index (Phi) is 7.03. The van der Waals surface area contributed by atoms with E-state index in [-0.39, 0.29) is 0 Å². The second kappa shape index (κ2) is 9.68. The van der Waals surface area contributed by atoms with Gasteiger partial charge in [0.1, 0.15) is 23.5 Å². The molecule has 0 unspecified atom stereocenters. The van der Waals surface area contributed by atoms with Crippen LogP contribution >= 0.6 is 0 Å². The summed E-state index contributed by atoms with van der Waals surface area (Å²) in [6.45, 7) is 0.843. The summed E-state index contributed by atoms with van der Waals surface area (Å²) in [5, 5.41) is 20.9. The summed E-state index contributed by atoms with van der Waals surface area (Å²) in [4.78, 5) is 10.2. The molecule has 1 aromatic carbocycles. The molecule has 0 saturated carbocycles. The third-order valence-corrected chi connectivity index (χ3v) is 3.81. The number of rotatable bonds is 9. The Labute approximate surface area is 158 Å². The first-order valence-corrected chi connectivity index (χ1v) is 8.23. The van der Waals surface area contributed by atoms with Crippen LogP contribution in [0.2, 0.25) is 0 Å². The molecule has 2 aromatic rings. The highest BCUT2D eigenvalue weighted by atomic mass is 16.5. The minimum Gasteiger partial charge on any atom is -0.497 e. The van der Waals surface area contributed by atoms with E-state index in [1.54, 1.807) is 37.3 Å². The number of benzene rings is 1. The van der Waals surface area contributed by atoms with Crippen LogP contribution in [-0.2, 0) is 0 Å². The van der Waals surface area contributed by atoms with Crippen molar-refractivity contribution >= 4 is 23.0 Å². The highest BCUT2D eigenvalue weighted by Crippen LogP contribution is 2.34. The Balaban J connectivity index is 2.33. The van der Waals surface area contributed by atoms with Crippen LogP contribution in [0.25, 0.3) is 0 Å². The Morgan fingerprint density at radius 3 is 2.41 bits per heavy atom. The molecule has 0 fully saturated rings. The maximum absolute atomic E-state index is 8.86. The first-order chi connectivity index (χ1) is 13.1. The van der Waals surface area contributed by atoms with Crippen molar-refractivity contribution in [1.29, 1.82) is 10.5 Å². The number of ether oxygens (including phenoxy) is 2. The molecule has 1 heterocycles. The van der Waals surface area contributed by atoms with Crippen LogP contribution in [0.15, 0.2) is 24.5 Å². The summed E-state index contributed by atoms with van der Waals surface area (Å²) < 4.78 is 10.6. The zero-order valence-electron chi connectivity index (χ0n) is 15.3. The molecule has 1 aromatic heterocycles. The normalized spacial score (nSPS) is 9.78. The number of nitrogens with two attached hydrogens (primary N) is 1. The fraction of sp³-hybridized carbons (Fsp3) is 0.333. The number of nitrogens with zero attached hydrogens (tertiary/aromatic N) is 5. The summed E-state index contributed by atoms with van der Waals surface area (Å²) >= 11 is 0. The van der Waals surface area contributed by atoms with Gasteiger partial charge in [-0.15, -0.1) is 0 Å². The number of anilines is 4. The van der Waals surface area contributed by atoms with E-state index in [9.17, 15) is 0 Å². The van der Waals surface area contributed by atoms with Crippen LogP contribution in [0.1, 0.15) is 12.8 Å². The van der Waals surface area contributed by atoms with E-state index in [2.05, 4.69) is 27.4 Å². The van der Waals surface area contributed by atoms with Crippen molar-refractivity contribution in [3.05, 3.63) is 24.5 Å². The minimum atomic E-state index is 0.296. The van der Waals surface area contributed by atoms with E-state index in [0.29, 0.717) is 60.4 Å². The number of nitriles is 2. The number of methoxy groups -OCH3 is 2. The standard InChI is InChI=1S/C18H21N7O2/c1-26-13-5-6-14(15(11-13)27-2)24-17-16(21)18(23-12-22-17)25(9-3-7-19)10-4-8-20/h5-6,11-12H,3-4,9-10,21H2,1-2H3,(H,22,23,24). The molecule has 9 heteroatoms. The van der Waals surface area contributed by atoms with E-state index in [0.717, 1.165) is 0 Å². The van der Waals surface area contributed by atoms with Crippen molar-refractivity contribution in [2.75, 3.05) is 43.3 Å². The molecule has 0 aliphatic carbocycles. The van der Waals surface area contributed by atoms with Crippen molar-refractivity contribution < 1.29 is 9.47 Å². The Bertz CT molecular complexity index is 840. The Hall–Kier alpha value is -3.72. The third-order valence-electron chi connectivity index (χ3n) is 3.81. The highest BCUT2D eigenvalue weighted by molar-refractivity contribution is 5.80. The smallest absolute Gasteiger partial charge is 0.159 e. The molecule has 0 aliphatic heterocycles. The fourth-order valence-corrected chi connectivity index (χ4v) is 2.46. The average Bonchev–Trinajstić information content (AvgIpc) is 2.70. The maximum Gasteiger partial charge on any atom is 0.159 e. The molecular formula is C18H21N7O2. The van der Waals surface area contributed by atoms with E-state index in [1.807, 2.05) is 0 Å². The van der Waals surface area contributed by atoms with Crippen molar-refractivity contribution in [3.8, 4) is 23.6 Å². The second-order valence-electron chi connectivity index (χ2n) is 5.45. The van der Waals surface area contributed by atoms with Gasteiger partial charge in [0.05, 0.1) is 44.9 Å². The molecule has 0 bridgehead atoms. The number of hydrogen-bond donors (Lipinski definition) is 2. The fourth-order valence-electron chi connectivity index (χ4n) is 2.46. The summed E-state index contributed by atoms with van der Waals surface area (Å²) in [5.41, 5.74) is 7.25. The lowest BCUT2D eigenvalue weighted by Gasteiger charge is -2.23. The van der Waals surface area contributed by atoms with Gasteiger partial charge in [-0.2, -0.15) is 10.5 Å². The lowest BCUT2D eigenvalue weighted by Crippen LogP contribution is -2.27.